The lowest BCUT2D eigenvalue weighted by molar-refractivity contribution is -0.384. The van der Waals surface area contributed by atoms with E-state index in [1.54, 1.807) is 35.2 Å². The Morgan fingerprint density at radius 1 is 1.03 bits per heavy atom. The van der Waals surface area contributed by atoms with Crippen LogP contribution in [0.15, 0.2) is 48.5 Å². The first-order valence-electron chi connectivity index (χ1n) is 9.42. The van der Waals surface area contributed by atoms with Gasteiger partial charge >= 0.3 is 6.18 Å². The molecule has 0 unspecified atom stereocenters. The summed E-state index contributed by atoms with van der Waals surface area (Å²) in [4.78, 5) is 36.4. The van der Waals surface area contributed by atoms with E-state index < -0.39 is 40.1 Å². The largest absolute Gasteiger partial charge is 0.416 e. The molecule has 11 heteroatoms. The molecule has 1 aliphatic rings. The Labute approximate surface area is 175 Å². The Bertz CT molecular complexity index is 974. The van der Waals surface area contributed by atoms with Gasteiger partial charge in [0.05, 0.1) is 10.5 Å². The van der Waals surface area contributed by atoms with Crippen LogP contribution in [0.4, 0.5) is 24.5 Å². The number of piperidine rings is 1. The zero-order valence-electron chi connectivity index (χ0n) is 16.2. The third-order valence-electron chi connectivity index (χ3n) is 5.04. The highest BCUT2D eigenvalue weighted by atomic mass is 19.4. The molecule has 0 aliphatic carbocycles. The van der Waals surface area contributed by atoms with Crippen molar-refractivity contribution in [2.75, 3.05) is 18.0 Å². The quantitative estimate of drug-likeness (QED) is 0.565. The summed E-state index contributed by atoms with van der Waals surface area (Å²) in [5.74, 6) is -1.31. The normalized spacial score (nSPS) is 14.7. The summed E-state index contributed by atoms with van der Waals surface area (Å²) in [6.07, 6.45) is -4.03. The van der Waals surface area contributed by atoms with Crippen LogP contribution in [-0.4, -0.2) is 29.8 Å². The minimum Gasteiger partial charge on any atom is -0.366 e. The molecule has 2 N–H and O–H groups in total. The molecule has 31 heavy (non-hydrogen) atoms. The van der Waals surface area contributed by atoms with Gasteiger partial charge in [0.15, 0.2) is 0 Å². The summed E-state index contributed by atoms with van der Waals surface area (Å²) in [5.41, 5.74) is 3.44. The van der Waals surface area contributed by atoms with Gasteiger partial charge in [0.2, 0.25) is 5.91 Å². The topological polar surface area (TPSA) is 105 Å². The van der Waals surface area contributed by atoms with E-state index in [0.717, 1.165) is 12.1 Å². The highest BCUT2D eigenvalue weighted by Crippen LogP contribution is 2.37. The van der Waals surface area contributed by atoms with Crippen LogP contribution < -0.4 is 15.8 Å². The SMILES string of the molecule is O=C(NNC(=O)C1CCN(c2ccc(C(F)(F)F)cc2[N+](=O)[O-])CC1)c1ccccc1. The van der Waals surface area contributed by atoms with Crippen LogP contribution in [-0.2, 0) is 11.0 Å². The first-order chi connectivity index (χ1) is 14.7. The molecule has 164 valence electrons. The molecule has 1 fully saturated rings. The van der Waals surface area contributed by atoms with Crippen LogP contribution >= 0.6 is 0 Å². The van der Waals surface area contributed by atoms with Gasteiger partial charge in [0, 0.05) is 30.6 Å². The third-order valence-corrected chi connectivity index (χ3v) is 5.04. The molecular weight excluding hydrogens is 417 g/mol. The zero-order valence-corrected chi connectivity index (χ0v) is 16.2. The Kier molecular flexibility index (Phi) is 6.42. The summed E-state index contributed by atoms with van der Waals surface area (Å²) in [5, 5.41) is 11.3. The highest BCUT2D eigenvalue weighted by Gasteiger charge is 2.35. The van der Waals surface area contributed by atoms with E-state index in [2.05, 4.69) is 10.9 Å². The van der Waals surface area contributed by atoms with Crippen molar-refractivity contribution in [3.8, 4) is 0 Å². The van der Waals surface area contributed by atoms with Gasteiger partial charge in [-0.3, -0.25) is 30.6 Å². The fourth-order valence-corrected chi connectivity index (χ4v) is 3.38. The van der Waals surface area contributed by atoms with E-state index in [1.165, 1.54) is 0 Å². The monoisotopic (exact) mass is 436 g/mol. The van der Waals surface area contributed by atoms with E-state index in [0.29, 0.717) is 24.5 Å². The zero-order chi connectivity index (χ0) is 22.6. The van der Waals surface area contributed by atoms with Crippen LogP contribution in [0.2, 0.25) is 0 Å². The van der Waals surface area contributed by atoms with Crippen LogP contribution in [0.3, 0.4) is 0 Å². The molecular formula is C20H19F3N4O4. The molecule has 0 bridgehead atoms. The average Bonchev–Trinajstić information content (AvgIpc) is 2.77. The molecule has 1 heterocycles. The molecule has 0 spiro atoms. The lowest BCUT2D eigenvalue weighted by Gasteiger charge is -2.32. The highest BCUT2D eigenvalue weighted by molar-refractivity contribution is 5.95. The third kappa shape index (κ3) is 5.30. The number of hydrogen-bond donors (Lipinski definition) is 2. The maximum Gasteiger partial charge on any atom is 0.416 e. The number of hydrazine groups is 1. The number of hydrogen-bond acceptors (Lipinski definition) is 5. The van der Waals surface area contributed by atoms with Crippen molar-refractivity contribution in [2.45, 2.75) is 19.0 Å². The number of nitro groups is 1. The van der Waals surface area contributed by atoms with Crippen molar-refractivity contribution in [3.63, 3.8) is 0 Å². The van der Waals surface area contributed by atoms with Crippen LogP contribution in [0.1, 0.15) is 28.8 Å². The molecule has 0 saturated carbocycles. The fourth-order valence-electron chi connectivity index (χ4n) is 3.38. The van der Waals surface area contributed by atoms with Gasteiger partial charge < -0.3 is 4.90 Å². The molecule has 2 aromatic rings. The molecule has 0 atom stereocenters. The Morgan fingerprint density at radius 2 is 1.68 bits per heavy atom. The lowest BCUT2D eigenvalue weighted by Crippen LogP contribution is -2.47. The van der Waals surface area contributed by atoms with Gasteiger partial charge in [0.1, 0.15) is 5.69 Å². The van der Waals surface area contributed by atoms with Gasteiger partial charge in [-0.25, -0.2) is 0 Å². The number of alkyl halides is 3. The standard InChI is InChI=1S/C20H19F3N4O4/c21-20(22,23)15-6-7-16(17(12-15)27(30)31)26-10-8-14(9-11-26)19(29)25-24-18(28)13-4-2-1-3-5-13/h1-7,12,14H,8-11H2,(H,24,28)(H,25,29). The summed E-state index contributed by atoms with van der Waals surface area (Å²) < 4.78 is 38.6. The Morgan fingerprint density at radius 3 is 2.26 bits per heavy atom. The number of benzene rings is 2. The van der Waals surface area contributed by atoms with Crippen molar-refractivity contribution in [3.05, 3.63) is 69.8 Å². The molecule has 0 radical (unpaired) electrons. The maximum absolute atomic E-state index is 12.9. The number of nitro benzene ring substituents is 1. The minimum atomic E-state index is -4.68. The molecule has 2 amide bonds. The number of nitrogens with one attached hydrogen (secondary N) is 2. The predicted molar refractivity (Wildman–Crippen MR) is 105 cm³/mol. The summed E-state index contributed by atoms with van der Waals surface area (Å²) in [7, 11) is 0. The van der Waals surface area contributed by atoms with Crippen LogP contribution in [0, 0.1) is 16.0 Å². The lowest BCUT2D eigenvalue weighted by atomic mass is 9.95. The fraction of sp³-hybridized carbons (Fsp3) is 0.300. The number of amides is 2. The van der Waals surface area contributed by atoms with Crippen molar-refractivity contribution >= 4 is 23.2 Å². The molecule has 2 aromatic carbocycles. The molecule has 1 saturated heterocycles. The second-order valence-corrected chi connectivity index (χ2v) is 7.03. The predicted octanol–water partition coefficient (Wildman–Crippen LogP) is 3.29. The van der Waals surface area contributed by atoms with Gasteiger partial charge in [-0.1, -0.05) is 18.2 Å². The Balaban J connectivity index is 1.59. The number of rotatable bonds is 4. The van der Waals surface area contributed by atoms with Crippen LogP contribution in [0.5, 0.6) is 0 Å². The number of halogens is 3. The molecule has 3 rings (SSSR count). The van der Waals surface area contributed by atoms with E-state index in [-0.39, 0.29) is 18.8 Å². The first-order valence-corrected chi connectivity index (χ1v) is 9.42. The first kappa shape index (κ1) is 22.1. The molecule has 1 aliphatic heterocycles. The summed E-state index contributed by atoms with van der Waals surface area (Å²) in [6.45, 7) is 0.494. The minimum absolute atomic E-state index is 0.0780. The van der Waals surface area contributed by atoms with E-state index >= 15 is 0 Å². The van der Waals surface area contributed by atoms with Gasteiger partial charge in [-0.15, -0.1) is 0 Å². The van der Waals surface area contributed by atoms with Crippen molar-refractivity contribution < 1.29 is 27.7 Å². The smallest absolute Gasteiger partial charge is 0.366 e. The van der Waals surface area contributed by atoms with Gasteiger partial charge in [0.25, 0.3) is 11.6 Å². The van der Waals surface area contributed by atoms with E-state index in [9.17, 15) is 32.9 Å². The van der Waals surface area contributed by atoms with Crippen LogP contribution in [0.25, 0.3) is 0 Å². The van der Waals surface area contributed by atoms with Gasteiger partial charge in [-0.2, -0.15) is 13.2 Å². The second kappa shape index (κ2) is 9.02. The summed E-state index contributed by atoms with van der Waals surface area (Å²) >= 11 is 0. The Hall–Kier alpha value is -3.63. The average molecular weight is 436 g/mol. The van der Waals surface area contributed by atoms with E-state index in [4.69, 9.17) is 0 Å². The van der Waals surface area contributed by atoms with Crippen molar-refractivity contribution in [2.24, 2.45) is 5.92 Å². The molecule has 0 aromatic heterocycles. The van der Waals surface area contributed by atoms with Gasteiger partial charge in [-0.05, 0) is 37.1 Å². The van der Waals surface area contributed by atoms with E-state index in [1.807, 2.05) is 0 Å². The number of nitrogens with zero attached hydrogens (tertiary/aromatic N) is 2. The number of anilines is 1. The number of carbonyl (C=O) groups excluding carboxylic acids is 2. The number of carbonyl (C=O) groups is 2. The second-order valence-electron chi connectivity index (χ2n) is 7.03. The van der Waals surface area contributed by atoms with Crippen molar-refractivity contribution in [1.82, 2.24) is 10.9 Å². The molecule has 8 nitrogen and oxygen atoms in total. The van der Waals surface area contributed by atoms with Crippen molar-refractivity contribution in [1.29, 1.82) is 0 Å². The maximum atomic E-state index is 12.9. The summed E-state index contributed by atoms with van der Waals surface area (Å²) in [6, 6.07) is 10.7.